The van der Waals surface area contributed by atoms with E-state index in [9.17, 15) is 9.18 Å². The molecule has 0 atom stereocenters. The maximum Gasteiger partial charge on any atom is 0.337 e. The van der Waals surface area contributed by atoms with E-state index in [0.717, 1.165) is 0 Å². The second-order valence-electron chi connectivity index (χ2n) is 3.56. The highest BCUT2D eigenvalue weighted by molar-refractivity contribution is 5.90. The zero-order valence-corrected chi connectivity index (χ0v) is 8.83. The summed E-state index contributed by atoms with van der Waals surface area (Å²) < 4.78 is 22.9. The van der Waals surface area contributed by atoms with E-state index in [2.05, 4.69) is 10.1 Å². The number of anilines is 1. The molecule has 4 nitrogen and oxygen atoms in total. The molecule has 1 fully saturated rings. The third-order valence-electron chi connectivity index (χ3n) is 2.39. The lowest BCUT2D eigenvalue weighted by Gasteiger charge is -2.28. The van der Waals surface area contributed by atoms with Crippen LogP contribution in [0.15, 0.2) is 18.2 Å². The predicted molar refractivity (Wildman–Crippen MR) is 56.0 cm³/mol. The first kappa shape index (κ1) is 10.9. The Morgan fingerprint density at radius 3 is 2.88 bits per heavy atom. The van der Waals surface area contributed by atoms with Crippen LogP contribution in [-0.2, 0) is 9.47 Å². The third kappa shape index (κ3) is 2.14. The Hall–Kier alpha value is -1.62. The van der Waals surface area contributed by atoms with Gasteiger partial charge in [-0.25, -0.2) is 9.18 Å². The summed E-state index contributed by atoms with van der Waals surface area (Å²) >= 11 is 0. The number of methoxy groups -OCH3 is 1. The fraction of sp³-hybridized carbons (Fsp3) is 0.364. The van der Waals surface area contributed by atoms with Gasteiger partial charge in [-0.2, -0.15) is 0 Å². The smallest absolute Gasteiger partial charge is 0.337 e. The first-order chi connectivity index (χ1) is 7.70. The number of nitrogens with one attached hydrogen (secondary N) is 1. The molecule has 0 bridgehead atoms. The van der Waals surface area contributed by atoms with Crippen LogP contribution in [-0.4, -0.2) is 32.3 Å². The molecule has 0 amide bonds. The van der Waals surface area contributed by atoms with Crippen molar-refractivity contribution in [1.29, 1.82) is 0 Å². The molecular weight excluding hydrogens is 213 g/mol. The normalized spacial score (nSPS) is 15.4. The fourth-order valence-electron chi connectivity index (χ4n) is 1.42. The van der Waals surface area contributed by atoms with Crippen molar-refractivity contribution in [1.82, 2.24) is 0 Å². The van der Waals surface area contributed by atoms with Crippen molar-refractivity contribution in [2.75, 3.05) is 25.6 Å². The van der Waals surface area contributed by atoms with Gasteiger partial charge >= 0.3 is 5.97 Å². The van der Waals surface area contributed by atoms with Gasteiger partial charge in [-0.1, -0.05) is 0 Å². The predicted octanol–water partition coefficient (Wildman–Crippen LogP) is 1.42. The Morgan fingerprint density at radius 2 is 2.31 bits per heavy atom. The van der Waals surface area contributed by atoms with Gasteiger partial charge in [0.15, 0.2) is 0 Å². The molecule has 2 rings (SSSR count). The molecule has 0 aliphatic carbocycles. The van der Waals surface area contributed by atoms with E-state index in [1.165, 1.54) is 25.3 Å². The molecule has 1 aromatic carbocycles. The molecule has 86 valence electrons. The van der Waals surface area contributed by atoms with Crippen molar-refractivity contribution in [2.45, 2.75) is 6.04 Å². The maximum atomic E-state index is 13.4. The number of hydrogen-bond donors (Lipinski definition) is 1. The molecule has 0 unspecified atom stereocenters. The maximum absolute atomic E-state index is 13.4. The summed E-state index contributed by atoms with van der Waals surface area (Å²) in [5.74, 6) is -0.868. The van der Waals surface area contributed by atoms with Crippen molar-refractivity contribution in [3.8, 4) is 0 Å². The van der Waals surface area contributed by atoms with E-state index >= 15 is 0 Å². The van der Waals surface area contributed by atoms with Crippen LogP contribution in [0.5, 0.6) is 0 Å². The van der Waals surface area contributed by atoms with Gasteiger partial charge in [0.2, 0.25) is 0 Å². The Kier molecular flexibility index (Phi) is 3.05. The summed E-state index contributed by atoms with van der Waals surface area (Å²) in [6.07, 6.45) is 0. The van der Waals surface area contributed by atoms with Crippen molar-refractivity contribution >= 4 is 11.7 Å². The lowest BCUT2D eigenvalue weighted by molar-refractivity contribution is 0.0210. The SMILES string of the molecule is COC(=O)c1ccc(F)c(NC2COC2)c1. The highest BCUT2D eigenvalue weighted by Crippen LogP contribution is 2.19. The van der Waals surface area contributed by atoms with Gasteiger partial charge in [-0.05, 0) is 18.2 Å². The molecule has 1 N–H and O–H groups in total. The van der Waals surface area contributed by atoms with Crippen molar-refractivity contribution in [3.05, 3.63) is 29.6 Å². The molecule has 1 aliphatic heterocycles. The van der Waals surface area contributed by atoms with Crippen LogP contribution in [0, 0.1) is 5.82 Å². The number of carbonyl (C=O) groups is 1. The van der Waals surface area contributed by atoms with Gasteiger partial charge in [-0.3, -0.25) is 0 Å². The minimum absolute atomic E-state index is 0.113. The number of halogens is 1. The van der Waals surface area contributed by atoms with Gasteiger partial charge in [0.25, 0.3) is 0 Å². The number of rotatable bonds is 3. The van der Waals surface area contributed by atoms with Crippen molar-refractivity contribution in [2.24, 2.45) is 0 Å². The Balaban J connectivity index is 2.17. The first-order valence-electron chi connectivity index (χ1n) is 4.93. The summed E-state index contributed by atoms with van der Waals surface area (Å²) in [5, 5.41) is 2.96. The molecule has 1 aromatic rings. The molecule has 0 saturated carbocycles. The van der Waals surface area contributed by atoms with Crippen LogP contribution in [0.4, 0.5) is 10.1 Å². The van der Waals surface area contributed by atoms with Crippen molar-refractivity contribution < 1.29 is 18.7 Å². The van der Waals surface area contributed by atoms with Gasteiger partial charge in [0.1, 0.15) is 5.82 Å². The van der Waals surface area contributed by atoms with Gasteiger partial charge in [0.05, 0.1) is 37.6 Å². The summed E-state index contributed by atoms with van der Waals surface area (Å²) in [4.78, 5) is 11.2. The van der Waals surface area contributed by atoms with Crippen LogP contribution in [0.25, 0.3) is 0 Å². The largest absolute Gasteiger partial charge is 0.465 e. The highest BCUT2D eigenvalue weighted by atomic mass is 19.1. The second kappa shape index (κ2) is 4.49. The number of ether oxygens (including phenoxy) is 2. The van der Waals surface area contributed by atoms with E-state index < -0.39 is 5.97 Å². The lowest BCUT2D eigenvalue weighted by atomic mass is 10.1. The fourth-order valence-corrected chi connectivity index (χ4v) is 1.42. The summed E-state index contributed by atoms with van der Waals surface area (Å²) in [6.45, 7) is 1.11. The summed E-state index contributed by atoms with van der Waals surface area (Å²) in [5.41, 5.74) is 0.628. The number of hydrogen-bond acceptors (Lipinski definition) is 4. The zero-order chi connectivity index (χ0) is 11.5. The third-order valence-corrected chi connectivity index (χ3v) is 2.39. The minimum atomic E-state index is -0.479. The van der Waals surface area contributed by atoms with Crippen LogP contribution in [0.2, 0.25) is 0 Å². The van der Waals surface area contributed by atoms with Gasteiger partial charge < -0.3 is 14.8 Å². The standard InChI is InChI=1S/C11H12FNO3/c1-15-11(14)7-2-3-9(12)10(4-7)13-8-5-16-6-8/h2-4,8,13H,5-6H2,1H3. The number of benzene rings is 1. The average Bonchev–Trinajstić information content (AvgIpc) is 2.24. The summed E-state index contributed by atoms with van der Waals surface area (Å²) in [6, 6.07) is 4.19. The number of carbonyl (C=O) groups excluding carboxylic acids is 1. The average molecular weight is 225 g/mol. The van der Waals surface area contributed by atoms with Crippen LogP contribution in [0.1, 0.15) is 10.4 Å². The monoisotopic (exact) mass is 225 g/mol. The Bertz CT molecular complexity index is 404. The number of esters is 1. The van der Waals surface area contributed by atoms with E-state index in [0.29, 0.717) is 24.5 Å². The highest BCUT2D eigenvalue weighted by Gasteiger charge is 2.20. The Morgan fingerprint density at radius 1 is 1.56 bits per heavy atom. The van der Waals surface area contributed by atoms with Crippen LogP contribution < -0.4 is 5.32 Å². The van der Waals surface area contributed by atoms with E-state index in [4.69, 9.17) is 4.74 Å². The van der Waals surface area contributed by atoms with Gasteiger partial charge in [0, 0.05) is 0 Å². The van der Waals surface area contributed by atoms with Gasteiger partial charge in [-0.15, -0.1) is 0 Å². The molecule has 1 saturated heterocycles. The minimum Gasteiger partial charge on any atom is -0.465 e. The van der Waals surface area contributed by atoms with Crippen molar-refractivity contribution in [3.63, 3.8) is 0 Å². The van der Waals surface area contributed by atoms with E-state index in [-0.39, 0.29) is 11.9 Å². The van der Waals surface area contributed by atoms with Crippen LogP contribution in [0.3, 0.4) is 0 Å². The first-order valence-corrected chi connectivity index (χ1v) is 4.93. The molecular formula is C11H12FNO3. The van der Waals surface area contributed by atoms with Crippen LogP contribution >= 0.6 is 0 Å². The molecule has 5 heteroatoms. The second-order valence-corrected chi connectivity index (χ2v) is 3.56. The molecule has 1 aliphatic rings. The molecule has 0 radical (unpaired) electrons. The topological polar surface area (TPSA) is 47.6 Å². The summed E-state index contributed by atoms with van der Waals surface area (Å²) in [7, 11) is 1.29. The molecule has 0 spiro atoms. The molecule has 0 aromatic heterocycles. The zero-order valence-electron chi connectivity index (χ0n) is 8.83. The lowest BCUT2D eigenvalue weighted by Crippen LogP contribution is -2.40. The van der Waals surface area contributed by atoms with E-state index in [1.807, 2.05) is 0 Å². The quantitative estimate of drug-likeness (QED) is 0.790. The Labute approximate surface area is 92.4 Å². The molecule has 16 heavy (non-hydrogen) atoms. The molecule has 1 heterocycles. The van der Waals surface area contributed by atoms with E-state index in [1.54, 1.807) is 0 Å².